The number of carbonyl (C=O) groups excluding carboxylic acids is 1. The highest BCUT2D eigenvalue weighted by atomic mass is 16.3. The molecular formula is C15H20O2. The Kier molecular flexibility index (Phi) is 3.34. The average molecular weight is 232 g/mol. The van der Waals surface area contributed by atoms with Crippen molar-refractivity contribution in [2.24, 2.45) is 11.8 Å². The molecule has 0 amide bonds. The number of carbonyl (C=O) groups is 1. The molecule has 0 aromatic heterocycles. The van der Waals surface area contributed by atoms with E-state index in [2.05, 4.69) is 6.92 Å². The Morgan fingerprint density at radius 3 is 2.59 bits per heavy atom. The zero-order valence-electron chi connectivity index (χ0n) is 10.5. The standard InChI is InChI=1S/C15H20O2/c1-11-7-6-10-15(2,17)13(11)14(16)12-8-4-3-5-9-12/h3-5,8-9,11,13,17H,6-7,10H2,1-2H3/t11-,13+,15-/m0/s1. The largest absolute Gasteiger partial charge is 0.389 e. The molecule has 1 aliphatic carbocycles. The molecule has 2 heteroatoms. The molecule has 1 aromatic carbocycles. The van der Waals surface area contributed by atoms with Crippen molar-refractivity contribution < 1.29 is 9.90 Å². The number of ketones is 1. The Bertz CT molecular complexity index is 395. The first kappa shape index (κ1) is 12.3. The number of rotatable bonds is 2. The van der Waals surface area contributed by atoms with Crippen LogP contribution in [-0.2, 0) is 0 Å². The fraction of sp³-hybridized carbons (Fsp3) is 0.533. The number of benzene rings is 1. The van der Waals surface area contributed by atoms with Crippen molar-refractivity contribution >= 4 is 5.78 Å². The highest BCUT2D eigenvalue weighted by molar-refractivity contribution is 5.98. The van der Waals surface area contributed by atoms with E-state index in [-0.39, 0.29) is 17.6 Å². The van der Waals surface area contributed by atoms with Crippen molar-refractivity contribution in [2.75, 3.05) is 0 Å². The zero-order valence-corrected chi connectivity index (χ0v) is 10.5. The van der Waals surface area contributed by atoms with Crippen molar-refractivity contribution in [1.29, 1.82) is 0 Å². The van der Waals surface area contributed by atoms with Gasteiger partial charge in [0.05, 0.1) is 11.5 Å². The van der Waals surface area contributed by atoms with E-state index < -0.39 is 5.60 Å². The summed E-state index contributed by atoms with van der Waals surface area (Å²) in [5, 5.41) is 10.4. The Labute approximate surface area is 103 Å². The maximum Gasteiger partial charge on any atom is 0.169 e. The van der Waals surface area contributed by atoms with Gasteiger partial charge in [-0.1, -0.05) is 43.7 Å². The highest BCUT2D eigenvalue weighted by Crippen LogP contribution is 2.39. The third-order valence-electron chi connectivity index (χ3n) is 3.92. The summed E-state index contributed by atoms with van der Waals surface area (Å²) in [7, 11) is 0. The fourth-order valence-corrected chi connectivity index (χ4v) is 3.04. The molecule has 3 atom stereocenters. The Hall–Kier alpha value is -1.15. The van der Waals surface area contributed by atoms with Crippen LogP contribution in [0.25, 0.3) is 0 Å². The van der Waals surface area contributed by atoms with Crippen molar-refractivity contribution in [3.63, 3.8) is 0 Å². The third kappa shape index (κ3) is 2.42. The van der Waals surface area contributed by atoms with E-state index in [1.807, 2.05) is 30.3 Å². The fourth-order valence-electron chi connectivity index (χ4n) is 3.04. The summed E-state index contributed by atoms with van der Waals surface area (Å²) >= 11 is 0. The number of aliphatic hydroxyl groups is 1. The molecule has 2 nitrogen and oxygen atoms in total. The summed E-state index contributed by atoms with van der Waals surface area (Å²) in [6, 6.07) is 9.31. The second-order valence-electron chi connectivity index (χ2n) is 5.43. The molecule has 1 aliphatic rings. The molecule has 2 rings (SSSR count). The van der Waals surface area contributed by atoms with Crippen LogP contribution in [0, 0.1) is 11.8 Å². The third-order valence-corrected chi connectivity index (χ3v) is 3.92. The van der Waals surface area contributed by atoms with Gasteiger partial charge in [-0.05, 0) is 25.7 Å². The molecule has 0 radical (unpaired) electrons. The molecule has 17 heavy (non-hydrogen) atoms. The minimum absolute atomic E-state index is 0.0859. The van der Waals surface area contributed by atoms with Gasteiger partial charge in [0, 0.05) is 5.56 Å². The van der Waals surface area contributed by atoms with E-state index in [1.165, 1.54) is 0 Å². The average Bonchev–Trinajstić information content (AvgIpc) is 2.28. The van der Waals surface area contributed by atoms with Gasteiger partial charge in [0.25, 0.3) is 0 Å². The highest BCUT2D eigenvalue weighted by Gasteiger charge is 2.43. The number of hydrogen-bond acceptors (Lipinski definition) is 2. The van der Waals surface area contributed by atoms with Gasteiger partial charge >= 0.3 is 0 Å². The second-order valence-corrected chi connectivity index (χ2v) is 5.43. The summed E-state index contributed by atoms with van der Waals surface area (Å²) in [4.78, 5) is 12.5. The van der Waals surface area contributed by atoms with Crippen LogP contribution in [0.2, 0.25) is 0 Å². The lowest BCUT2D eigenvalue weighted by Crippen LogP contribution is -2.46. The van der Waals surface area contributed by atoms with Crippen LogP contribution in [-0.4, -0.2) is 16.5 Å². The number of Topliss-reactive ketones (excluding diaryl/α,β-unsaturated/α-hetero) is 1. The zero-order chi connectivity index (χ0) is 12.5. The molecular weight excluding hydrogens is 212 g/mol. The van der Waals surface area contributed by atoms with Crippen LogP contribution < -0.4 is 0 Å². The molecule has 0 aliphatic heterocycles. The van der Waals surface area contributed by atoms with Crippen LogP contribution in [0.1, 0.15) is 43.5 Å². The molecule has 0 spiro atoms. The van der Waals surface area contributed by atoms with E-state index >= 15 is 0 Å². The summed E-state index contributed by atoms with van der Waals surface area (Å²) < 4.78 is 0. The predicted molar refractivity (Wildman–Crippen MR) is 67.9 cm³/mol. The first-order chi connectivity index (χ1) is 8.02. The quantitative estimate of drug-likeness (QED) is 0.796. The molecule has 92 valence electrons. The molecule has 0 unspecified atom stereocenters. The maximum absolute atomic E-state index is 12.5. The minimum atomic E-state index is -0.857. The number of hydrogen-bond donors (Lipinski definition) is 1. The van der Waals surface area contributed by atoms with Gasteiger partial charge < -0.3 is 5.11 Å². The van der Waals surface area contributed by atoms with Crippen LogP contribution in [0.3, 0.4) is 0 Å². The molecule has 0 heterocycles. The first-order valence-corrected chi connectivity index (χ1v) is 6.34. The van der Waals surface area contributed by atoms with E-state index in [1.54, 1.807) is 6.92 Å². The Morgan fingerprint density at radius 1 is 1.35 bits per heavy atom. The summed E-state index contributed by atoms with van der Waals surface area (Å²) in [6.07, 6.45) is 2.76. The van der Waals surface area contributed by atoms with Crippen molar-refractivity contribution in [1.82, 2.24) is 0 Å². The minimum Gasteiger partial charge on any atom is -0.389 e. The van der Waals surface area contributed by atoms with Crippen LogP contribution in [0.4, 0.5) is 0 Å². The van der Waals surface area contributed by atoms with Crippen LogP contribution in [0.15, 0.2) is 30.3 Å². The molecule has 1 saturated carbocycles. The Balaban J connectivity index is 2.28. The van der Waals surface area contributed by atoms with Gasteiger partial charge in [0.15, 0.2) is 5.78 Å². The smallest absolute Gasteiger partial charge is 0.169 e. The van der Waals surface area contributed by atoms with Crippen molar-refractivity contribution in [3.05, 3.63) is 35.9 Å². The van der Waals surface area contributed by atoms with E-state index in [4.69, 9.17) is 0 Å². The monoisotopic (exact) mass is 232 g/mol. The first-order valence-electron chi connectivity index (χ1n) is 6.34. The van der Waals surface area contributed by atoms with Crippen molar-refractivity contribution in [3.8, 4) is 0 Å². The topological polar surface area (TPSA) is 37.3 Å². The van der Waals surface area contributed by atoms with Gasteiger partial charge in [0.1, 0.15) is 0 Å². The lowest BCUT2D eigenvalue weighted by molar-refractivity contribution is -0.0411. The lowest BCUT2D eigenvalue weighted by atomic mass is 9.67. The normalized spacial score (nSPS) is 33.4. The lowest BCUT2D eigenvalue weighted by Gasteiger charge is -2.40. The maximum atomic E-state index is 12.5. The van der Waals surface area contributed by atoms with E-state index in [9.17, 15) is 9.90 Å². The van der Waals surface area contributed by atoms with Gasteiger partial charge in [-0.2, -0.15) is 0 Å². The second kappa shape index (κ2) is 4.61. The molecule has 1 aromatic rings. The predicted octanol–water partition coefficient (Wildman–Crippen LogP) is 3.06. The van der Waals surface area contributed by atoms with Gasteiger partial charge in [-0.3, -0.25) is 4.79 Å². The molecule has 1 N–H and O–H groups in total. The van der Waals surface area contributed by atoms with Crippen molar-refractivity contribution in [2.45, 2.75) is 38.7 Å². The Morgan fingerprint density at radius 2 is 2.00 bits per heavy atom. The van der Waals surface area contributed by atoms with Crippen LogP contribution in [0.5, 0.6) is 0 Å². The summed E-state index contributed by atoms with van der Waals surface area (Å²) in [5.74, 6) is 0.0768. The van der Waals surface area contributed by atoms with Gasteiger partial charge in [-0.15, -0.1) is 0 Å². The molecule has 0 saturated heterocycles. The van der Waals surface area contributed by atoms with Crippen LogP contribution >= 0.6 is 0 Å². The molecule has 0 bridgehead atoms. The summed E-state index contributed by atoms with van der Waals surface area (Å²) in [5.41, 5.74) is -0.142. The summed E-state index contributed by atoms with van der Waals surface area (Å²) in [6.45, 7) is 3.87. The van der Waals surface area contributed by atoms with Gasteiger partial charge in [-0.25, -0.2) is 0 Å². The molecule has 1 fully saturated rings. The van der Waals surface area contributed by atoms with E-state index in [0.29, 0.717) is 5.56 Å². The SMILES string of the molecule is C[C@H]1CCC[C@](C)(O)[C@H]1C(=O)c1ccccc1. The van der Waals surface area contributed by atoms with Gasteiger partial charge in [0.2, 0.25) is 0 Å². The van der Waals surface area contributed by atoms with E-state index in [0.717, 1.165) is 19.3 Å².